The number of aromatic nitrogens is 1. The highest BCUT2D eigenvalue weighted by atomic mass is 79.9. The Kier molecular flexibility index (Phi) is 3.78. The third kappa shape index (κ3) is 2.71. The molecule has 6 heteroatoms. The summed E-state index contributed by atoms with van der Waals surface area (Å²) in [6.45, 7) is 0. The first-order valence-electron chi connectivity index (χ1n) is 6.19. The number of hydrogen-bond donors (Lipinski definition) is 1. The van der Waals surface area contributed by atoms with Crippen LogP contribution in [0.2, 0.25) is 0 Å². The van der Waals surface area contributed by atoms with Crippen molar-refractivity contribution in [2.45, 2.75) is 5.38 Å². The first-order valence-corrected chi connectivity index (χ1v) is 7.41. The van der Waals surface area contributed by atoms with E-state index in [4.69, 9.17) is 20.8 Å². The molecule has 0 radical (unpaired) electrons. The number of methoxy groups -OCH3 is 1. The summed E-state index contributed by atoms with van der Waals surface area (Å²) in [6.07, 6.45) is 0. The van der Waals surface area contributed by atoms with Crippen LogP contribution in [0.25, 0.3) is 11.1 Å². The second-order valence-corrected chi connectivity index (χ2v) is 5.82. The molecular weight excluding hydrogens is 358 g/mol. The van der Waals surface area contributed by atoms with Gasteiger partial charge in [0.2, 0.25) is 0 Å². The predicted octanol–water partition coefficient (Wildman–Crippen LogP) is 4.22. The zero-order valence-corrected chi connectivity index (χ0v) is 13.4. The Hall–Kier alpha value is -1.72. The molecule has 0 fully saturated rings. The summed E-state index contributed by atoms with van der Waals surface area (Å²) in [7, 11) is 1.61. The Balaban J connectivity index is 2.00. The van der Waals surface area contributed by atoms with Crippen molar-refractivity contribution in [2.75, 3.05) is 7.11 Å². The number of hydrogen-bond acceptors (Lipinski definition) is 3. The number of ether oxygens (including phenoxy) is 1. The number of fused-ring (bicyclic) bond motifs is 1. The van der Waals surface area contributed by atoms with E-state index in [-0.39, 0.29) is 5.38 Å². The molecule has 0 aliphatic rings. The third-order valence-corrected chi connectivity index (χ3v) is 4.33. The molecule has 3 aromatic rings. The van der Waals surface area contributed by atoms with Crippen LogP contribution in [0.4, 0.5) is 0 Å². The Morgan fingerprint density at radius 1 is 1.24 bits per heavy atom. The molecule has 108 valence electrons. The maximum absolute atomic E-state index is 11.2. The van der Waals surface area contributed by atoms with Crippen molar-refractivity contribution >= 4 is 38.6 Å². The van der Waals surface area contributed by atoms with Gasteiger partial charge in [-0.25, -0.2) is 4.79 Å². The van der Waals surface area contributed by atoms with Gasteiger partial charge in [-0.1, -0.05) is 12.1 Å². The summed E-state index contributed by atoms with van der Waals surface area (Å²) in [6, 6.07) is 11.1. The number of aromatic amines is 1. The predicted molar refractivity (Wildman–Crippen MR) is 85.2 cm³/mol. The fourth-order valence-corrected chi connectivity index (χ4v) is 2.98. The average Bonchev–Trinajstić information content (AvgIpc) is 2.85. The molecule has 3 rings (SSSR count). The van der Waals surface area contributed by atoms with Gasteiger partial charge in [0.25, 0.3) is 0 Å². The van der Waals surface area contributed by atoms with Gasteiger partial charge in [-0.2, -0.15) is 0 Å². The quantitative estimate of drug-likeness (QED) is 0.704. The van der Waals surface area contributed by atoms with Gasteiger partial charge in [0.05, 0.1) is 22.5 Å². The van der Waals surface area contributed by atoms with Crippen LogP contribution in [0.1, 0.15) is 16.5 Å². The molecular formula is C15H11BrClNO3. The number of nitrogens with one attached hydrogen (secondary N) is 1. The molecule has 1 N–H and O–H groups in total. The molecule has 1 aromatic heterocycles. The van der Waals surface area contributed by atoms with Gasteiger partial charge in [0.15, 0.2) is 5.58 Å². The molecule has 0 bridgehead atoms. The van der Waals surface area contributed by atoms with Crippen molar-refractivity contribution < 1.29 is 9.15 Å². The number of oxazole rings is 1. The van der Waals surface area contributed by atoms with Crippen LogP contribution in [0.5, 0.6) is 5.75 Å². The SMILES string of the molecule is COc1ccc(C(Cl)c2ccc3[nH]c(=O)oc3c2)cc1Br. The minimum Gasteiger partial charge on any atom is -0.496 e. The highest BCUT2D eigenvalue weighted by molar-refractivity contribution is 9.10. The van der Waals surface area contributed by atoms with Gasteiger partial charge in [0.1, 0.15) is 5.75 Å². The summed E-state index contributed by atoms with van der Waals surface area (Å²) in [5, 5.41) is -0.350. The van der Waals surface area contributed by atoms with Gasteiger partial charge >= 0.3 is 5.76 Å². The normalized spacial score (nSPS) is 12.5. The monoisotopic (exact) mass is 367 g/mol. The van der Waals surface area contributed by atoms with Crippen molar-refractivity contribution in [2.24, 2.45) is 0 Å². The summed E-state index contributed by atoms with van der Waals surface area (Å²) in [5.74, 6) is 0.273. The molecule has 0 spiro atoms. The fraction of sp³-hybridized carbons (Fsp3) is 0.133. The van der Waals surface area contributed by atoms with E-state index in [2.05, 4.69) is 20.9 Å². The molecule has 1 atom stereocenters. The summed E-state index contributed by atoms with van der Waals surface area (Å²) in [4.78, 5) is 13.8. The lowest BCUT2D eigenvalue weighted by molar-refractivity contribution is 0.412. The molecule has 21 heavy (non-hydrogen) atoms. The van der Waals surface area contributed by atoms with Gasteiger partial charge in [-0.15, -0.1) is 11.6 Å². The maximum Gasteiger partial charge on any atom is 0.417 e. The van der Waals surface area contributed by atoms with E-state index in [1.807, 2.05) is 24.3 Å². The van der Waals surface area contributed by atoms with Crippen molar-refractivity contribution in [3.8, 4) is 5.75 Å². The summed E-state index contributed by atoms with van der Waals surface area (Å²) < 4.78 is 11.1. The van der Waals surface area contributed by atoms with Crippen LogP contribution < -0.4 is 10.5 Å². The Bertz CT molecular complexity index is 855. The zero-order chi connectivity index (χ0) is 15.0. The Morgan fingerprint density at radius 2 is 1.95 bits per heavy atom. The number of H-pyrrole nitrogens is 1. The Morgan fingerprint density at radius 3 is 2.67 bits per heavy atom. The van der Waals surface area contributed by atoms with Gasteiger partial charge < -0.3 is 9.15 Å². The number of halogens is 2. The molecule has 1 unspecified atom stereocenters. The number of rotatable bonds is 3. The van der Waals surface area contributed by atoms with E-state index in [1.165, 1.54) is 0 Å². The van der Waals surface area contributed by atoms with Crippen LogP contribution in [-0.2, 0) is 0 Å². The molecule has 0 saturated carbocycles. The molecule has 0 aliphatic heterocycles. The molecule has 1 heterocycles. The van der Waals surface area contributed by atoms with Crippen LogP contribution in [-0.4, -0.2) is 12.1 Å². The highest BCUT2D eigenvalue weighted by Gasteiger charge is 2.14. The maximum atomic E-state index is 11.2. The van der Waals surface area contributed by atoms with E-state index >= 15 is 0 Å². The van der Waals surface area contributed by atoms with E-state index < -0.39 is 5.76 Å². The molecule has 2 aromatic carbocycles. The van der Waals surface area contributed by atoms with Crippen LogP contribution in [0, 0.1) is 0 Å². The molecule has 4 nitrogen and oxygen atoms in total. The average molecular weight is 369 g/mol. The van der Waals surface area contributed by atoms with Gasteiger partial charge in [-0.05, 0) is 51.3 Å². The Labute approximate surface area is 133 Å². The first-order chi connectivity index (χ1) is 10.1. The van der Waals surface area contributed by atoms with Crippen molar-refractivity contribution in [1.82, 2.24) is 4.98 Å². The lowest BCUT2D eigenvalue weighted by Crippen LogP contribution is -1.94. The van der Waals surface area contributed by atoms with Crippen molar-refractivity contribution in [1.29, 1.82) is 0 Å². The standard InChI is InChI=1S/C15H11BrClNO3/c1-20-12-5-3-8(6-10(12)16)14(17)9-2-4-11-13(7-9)21-15(19)18-11/h2-7,14H,1H3,(H,18,19). The largest absolute Gasteiger partial charge is 0.496 e. The zero-order valence-electron chi connectivity index (χ0n) is 11.0. The van der Waals surface area contributed by atoms with E-state index in [9.17, 15) is 4.79 Å². The lowest BCUT2D eigenvalue weighted by atomic mass is 10.0. The van der Waals surface area contributed by atoms with Gasteiger partial charge in [0, 0.05) is 0 Å². The fourth-order valence-electron chi connectivity index (χ4n) is 2.15. The van der Waals surface area contributed by atoms with E-state index in [1.54, 1.807) is 19.2 Å². The minimum absolute atomic E-state index is 0.350. The second-order valence-electron chi connectivity index (χ2n) is 4.53. The number of alkyl halides is 1. The lowest BCUT2D eigenvalue weighted by Gasteiger charge is -2.12. The third-order valence-electron chi connectivity index (χ3n) is 3.21. The highest BCUT2D eigenvalue weighted by Crippen LogP contribution is 2.34. The minimum atomic E-state index is -0.472. The van der Waals surface area contributed by atoms with Crippen molar-refractivity contribution in [3.63, 3.8) is 0 Å². The second kappa shape index (κ2) is 5.58. The summed E-state index contributed by atoms with van der Waals surface area (Å²) >= 11 is 9.96. The first kappa shape index (κ1) is 14.2. The molecule has 0 aliphatic carbocycles. The molecule has 0 amide bonds. The van der Waals surface area contributed by atoms with Crippen LogP contribution >= 0.6 is 27.5 Å². The van der Waals surface area contributed by atoms with E-state index in [0.29, 0.717) is 11.1 Å². The van der Waals surface area contributed by atoms with Crippen LogP contribution in [0.3, 0.4) is 0 Å². The molecule has 0 saturated heterocycles. The van der Waals surface area contributed by atoms with Gasteiger partial charge in [-0.3, -0.25) is 4.98 Å². The van der Waals surface area contributed by atoms with Crippen LogP contribution in [0.15, 0.2) is 50.1 Å². The topological polar surface area (TPSA) is 55.2 Å². The van der Waals surface area contributed by atoms with E-state index in [0.717, 1.165) is 21.3 Å². The van der Waals surface area contributed by atoms with Crippen molar-refractivity contribution in [3.05, 3.63) is 62.5 Å². The number of benzene rings is 2. The summed E-state index contributed by atoms with van der Waals surface area (Å²) in [5.41, 5.74) is 2.92. The smallest absolute Gasteiger partial charge is 0.417 e.